The van der Waals surface area contributed by atoms with Crippen LogP contribution in [-0.4, -0.2) is 74.2 Å². The molecule has 0 atom stereocenters. The lowest BCUT2D eigenvalue weighted by molar-refractivity contribution is -0.130. The molecule has 0 N–H and O–H groups in total. The minimum Gasteiger partial charge on any atom is -0.379 e. The summed E-state index contributed by atoms with van der Waals surface area (Å²) in [6, 6.07) is 8.06. The summed E-state index contributed by atoms with van der Waals surface area (Å²) in [6.45, 7) is 4.89. The fourth-order valence-electron chi connectivity index (χ4n) is 3.53. The molecular weight excluding hydrogens is 370 g/mol. The van der Waals surface area contributed by atoms with E-state index in [1.54, 1.807) is 15.8 Å². The van der Waals surface area contributed by atoms with Gasteiger partial charge in [-0.3, -0.25) is 14.7 Å². The molecule has 0 radical (unpaired) electrons. The smallest absolute Gasteiger partial charge is 0.224 e. The molecule has 0 bridgehead atoms. The normalized spacial score (nSPS) is 14.9. The molecule has 2 aromatic heterocycles. The molecule has 0 saturated carbocycles. The van der Waals surface area contributed by atoms with Crippen LogP contribution in [-0.2, 0) is 29.2 Å². The van der Waals surface area contributed by atoms with E-state index in [0.29, 0.717) is 26.1 Å². The van der Waals surface area contributed by atoms with Crippen LogP contribution in [0.2, 0.25) is 0 Å². The molecule has 9 nitrogen and oxygen atoms in total. The van der Waals surface area contributed by atoms with Crippen LogP contribution in [0.3, 0.4) is 0 Å². The second kappa shape index (κ2) is 9.06. The number of ether oxygens (including phenoxy) is 1. The van der Waals surface area contributed by atoms with Gasteiger partial charge in [-0.05, 0) is 27.4 Å². The number of fused-ring (bicyclic) bond motifs is 1. The number of hydrogen-bond donors (Lipinski definition) is 0. The average molecular weight is 395 g/mol. The van der Waals surface area contributed by atoms with Crippen molar-refractivity contribution < 1.29 is 9.53 Å². The first kappa shape index (κ1) is 19.4. The summed E-state index contributed by atoms with van der Waals surface area (Å²) in [5, 5.41) is 14.2. The molecule has 1 fully saturated rings. The number of pyridine rings is 1. The van der Waals surface area contributed by atoms with Crippen molar-refractivity contribution in [1.29, 1.82) is 0 Å². The zero-order chi connectivity index (χ0) is 20.1. The standard InChI is InChI=1S/C20H25N7O2/c1-25(14-17-4-2-3-16-13-21-7-5-18(16)17)20(28)6-8-27-19(22-23-24-27)15-26-9-11-29-12-10-26/h2-5,7,13H,6,8-12,14-15H2,1H3. The molecule has 9 heteroatoms. The Morgan fingerprint density at radius 3 is 2.97 bits per heavy atom. The van der Waals surface area contributed by atoms with E-state index in [-0.39, 0.29) is 5.91 Å². The molecule has 0 aliphatic carbocycles. The number of morpholine rings is 1. The van der Waals surface area contributed by atoms with Crippen molar-refractivity contribution in [3.63, 3.8) is 0 Å². The molecule has 152 valence electrons. The maximum atomic E-state index is 12.7. The van der Waals surface area contributed by atoms with Crippen molar-refractivity contribution in [3.05, 3.63) is 48.0 Å². The van der Waals surface area contributed by atoms with E-state index in [1.165, 1.54) is 0 Å². The minimum atomic E-state index is 0.0591. The highest BCUT2D eigenvalue weighted by atomic mass is 16.5. The lowest BCUT2D eigenvalue weighted by Crippen LogP contribution is -2.36. The number of aryl methyl sites for hydroxylation is 1. The van der Waals surface area contributed by atoms with E-state index < -0.39 is 0 Å². The van der Waals surface area contributed by atoms with Gasteiger partial charge in [-0.25, -0.2) is 4.68 Å². The Labute approximate surface area is 169 Å². The number of carbonyl (C=O) groups is 1. The molecule has 29 heavy (non-hydrogen) atoms. The predicted molar refractivity (Wildman–Crippen MR) is 107 cm³/mol. The van der Waals surface area contributed by atoms with Crippen molar-refractivity contribution in [1.82, 2.24) is 35.0 Å². The highest BCUT2D eigenvalue weighted by Gasteiger charge is 2.17. The van der Waals surface area contributed by atoms with Gasteiger partial charge in [0.1, 0.15) is 0 Å². The first-order valence-electron chi connectivity index (χ1n) is 9.81. The van der Waals surface area contributed by atoms with Crippen LogP contribution >= 0.6 is 0 Å². The highest BCUT2D eigenvalue weighted by molar-refractivity contribution is 5.85. The van der Waals surface area contributed by atoms with Gasteiger partial charge >= 0.3 is 0 Å². The van der Waals surface area contributed by atoms with Gasteiger partial charge in [-0.1, -0.05) is 18.2 Å². The number of nitrogens with zero attached hydrogens (tertiary/aromatic N) is 7. The van der Waals surface area contributed by atoms with E-state index in [4.69, 9.17) is 4.74 Å². The monoisotopic (exact) mass is 395 g/mol. The summed E-state index contributed by atoms with van der Waals surface area (Å²) in [7, 11) is 1.83. The zero-order valence-corrected chi connectivity index (χ0v) is 16.6. The number of rotatable bonds is 7. The van der Waals surface area contributed by atoms with Gasteiger partial charge in [-0.15, -0.1) is 5.10 Å². The molecule has 1 aliphatic rings. The summed E-state index contributed by atoms with van der Waals surface area (Å²) < 4.78 is 7.10. The molecular formula is C20H25N7O2. The Balaban J connectivity index is 1.34. The van der Waals surface area contributed by atoms with Crippen LogP contribution in [0, 0.1) is 0 Å². The Morgan fingerprint density at radius 1 is 1.24 bits per heavy atom. The lowest BCUT2D eigenvalue weighted by Gasteiger charge is -2.25. The number of carbonyl (C=O) groups excluding carboxylic acids is 1. The quantitative estimate of drug-likeness (QED) is 0.592. The van der Waals surface area contributed by atoms with Crippen LogP contribution in [0.5, 0.6) is 0 Å². The van der Waals surface area contributed by atoms with Gasteiger partial charge in [-0.2, -0.15) is 0 Å². The third kappa shape index (κ3) is 4.75. The number of tetrazole rings is 1. The van der Waals surface area contributed by atoms with Crippen LogP contribution in [0.1, 0.15) is 17.8 Å². The SMILES string of the molecule is CN(Cc1cccc2cnccc12)C(=O)CCn1nnnc1CN1CCOCC1. The second-order valence-electron chi connectivity index (χ2n) is 7.22. The van der Waals surface area contributed by atoms with Gasteiger partial charge in [0.05, 0.1) is 26.3 Å². The lowest BCUT2D eigenvalue weighted by atomic mass is 10.1. The van der Waals surface area contributed by atoms with E-state index in [0.717, 1.165) is 48.5 Å². The Bertz CT molecular complexity index is 963. The third-order valence-electron chi connectivity index (χ3n) is 5.22. The van der Waals surface area contributed by atoms with E-state index in [9.17, 15) is 4.79 Å². The van der Waals surface area contributed by atoms with Gasteiger partial charge in [0, 0.05) is 50.9 Å². The van der Waals surface area contributed by atoms with Gasteiger partial charge < -0.3 is 9.64 Å². The molecule has 3 aromatic rings. The average Bonchev–Trinajstić information content (AvgIpc) is 3.20. The van der Waals surface area contributed by atoms with Crippen molar-refractivity contribution >= 4 is 16.7 Å². The summed E-state index contributed by atoms with van der Waals surface area (Å²) in [4.78, 5) is 20.9. The number of hydrogen-bond acceptors (Lipinski definition) is 7. The molecule has 0 unspecified atom stereocenters. The maximum absolute atomic E-state index is 12.7. The number of amides is 1. The first-order chi connectivity index (χ1) is 14.2. The van der Waals surface area contributed by atoms with E-state index in [1.807, 2.05) is 37.5 Å². The van der Waals surface area contributed by atoms with Crippen LogP contribution in [0.4, 0.5) is 0 Å². The largest absolute Gasteiger partial charge is 0.379 e. The number of benzene rings is 1. The predicted octanol–water partition coefficient (Wildman–Crippen LogP) is 1.10. The van der Waals surface area contributed by atoms with Crippen LogP contribution < -0.4 is 0 Å². The Kier molecular flexibility index (Phi) is 6.06. The molecule has 4 rings (SSSR count). The summed E-state index contributed by atoms with van der Waals surface area (Å²) in [6.07, 6.45) is 3.97. The highest BCUT2D eigenvalue weighted by Crippen LogP contribution is 2.19. The minimum absolute atomic E-state index is 0.0591. The first-order valence-corrected chi connectivity index (χ1v) is 9.81. The van der Waals surface area contributed by atoms with Gasteiger partial charge in [0.2, 0.25) is 5.91 Å². The van der Waals surface area contributed by atoms with E-state index >= 15 is 0 Å². The summed E-state index contributed by atoms with van der Waals surface area (Å²) >= 11 is 0. The number of aromatic nitrogens is 5. The maximum Gasteiger partial charge on any atom is 0.224 e. The fourth-order valence-corrected chi connectivity index (χ4v) is 3.53. The second-order valence-corrected chi connectivity index (χ2v) is 7.22. The van der Waals surface area contributed by atoms with Gasteiger partial charge in [0.15, 0.2) is 5.82 Å². The van der Waals surface area contributed by atoms with E-state index in [2.05, 4.69) is 25.4 Å². The fraction of sp³-hybridized carbons (Fsp3) is 0.450. The molecule has 1 aromatic carbocycles. The van der Waals surface area contributed by atoms with Crippen molar-refractivity contribution in [2.75, 3.05) is 33.4 Å². The molecule has 0 spiro atoms. The topological polar surface area (TPSA) is 89.3 Å². The summed E-state index contributed by atoms with van der Waals surface area (Å²) in [5.41, 5.74) is 1.11. The molecule has 1 saturated heterocycles. The van der Waals surface area contributed by atoms with Crippen molar-refractivity contribution in [2.24, 2.45) is 0 Å². The van der Waals surface area contributed by atoms with Crippen LogP contribution in [0.15, 0.2) is 36.7 Å². The molecule has 3 heterocycles. The van der Waals surface area contributed by atoms with Crippen molar-refractivity contribution in [2.45, 2.75) is 26.1 Å². The van der Waals surface area contributed by atoms with Crippen molar-refractivity contribution in [3.8, 4) is 0 Å². The Hall–Kier alpha value is -2.91. The third-order valence-corrected chi connectivity index (χ3v) is 5.22. The molecule has 1 amide bonds. The summed E-state index contributed by atoms with van der Waals surface area (Å²) in [5.74, 6) is 0.841. The molecule has 1 aliphatic heterocycles. The van der Waals surface area contributed by atoms with Crippen LogP contribution in [0.25, 0.3) is 10.8 Å². The Morgan fingerprint density at radius 2 is 2.10 bits per heavy atom. The van der Waals surface area contributed by atoms with Gasteiger partial charge in [0.25, 0.3) is 0 Å². The zero-order valence-electron chi connectivity index (χ0n) is 16.6.